The van der Waals surface area contributed by atoms with Gasteiger partial charge in [0.1, 0.15) is 0 Å². The highest BCUT2D eigenvalue weighted by molar-refractivity contribution is 5.03. The lowest BCUT2D eigenvalue weighted by molar-refractivity contribution is -0.0304. The van der Waals surface area contributed by atoms with Gasteiger partial charge < -0.3 is 0 Å². The normalized spacial score (nSPS) is 38.6. The van der Waals surface area contributed by atoms with Crippen molar-refractivity contribution >= 4 is 0 Å². The number of hydrogen-bond donors (Lipinski definition) is 0. The third-order valence-electron chi connectivity index (χ3n) is 26.9. The molecule has 12 rings (SSSR count). The Kier molecular flexibility index (Phi) is 23.0. The van der Waals surface area contributed by atoms with Crippen molar-refractivity contribution in [2.45, 2.75) is 419 Å². The maximum absolute atomic E-state index is 3.34. The van der Waals surface area contributed by atoms with Gasteiger partial charge in [-0.2, -0.15) is 0 Å². The van der Waals surface area contributed by atoms with Crippen LogP contribution in [0.25, 0.3) is 0 Å². The summed E-state index contributed by atoms with van der Waals surface area (Å²) >= 11 is 0. The fourth-order valence-corrected chi connectivity index (χ4v) is 22.6. The average molecular weight is 1100 g/mol. The first-order chi connectivity index (χ1) is 39.7. The lowest BCUT2D eigenvalue weighted by Crippen LogP contribution is -2.56. The van der Waals surface area contributed by atoms with Gasteiger partial charge in [0, 0.05) is 72.5 Å². The van der Waals surface area contributed by atoms with Crippen LogP contribution in [0, 0.1) is 35.5 Å². The highest BCUT2D eigenvalue weighted by Crippen LogP contribution is 2.47. The molecule has 4 heteroatoms. The molecule has 0 aromatic rings. The van der Waals surface area contributed by atoms with Crippen LogP contribution in [0.2, 0.25) is 0 Å². The van der Waals surface area contributed by atoms with E-state index in [-0.39, 0.29) is 0 Å². The molecule has 12 aliphatic carbocycles. The standard InChI is InChI=1S/C76H130N4/c1-7-19-59(20-8-1)31-33-61-35-43-69(44-36-61)77(65-23-11-3-12-24-65)73-51-55-75(56-52-73)79(67-27-15-5-16-28-67)71-47-39-63(40-48-71)64-41-49-72(50-42-64)80(68-29-17-6-18-30-68)76-57-53-74(54-58-76)78(66-25-13-4-14-26-66)70-45-37-62(38-46-70)34-32-60-21-9-2-10-22-60/h31-34,59-76H,1-30,35-58H2. The zero-order valence-electron chi connectivity index (χ0n) is 52.7. The molecule has 0 unspecified atom stereocenters. The second-order valence-electron chi connectivity index (χ2n) is 31.7. The molecule has 0 N–H and O–H groups in total. The lowest BCUT2D eigenvalue weighted by Gasteiger charge is -2.53. The van der Waals surface area contributed by atoms with Gasteiger partial charge in [-0.1, -0.05) is 140 Å². The fourth-order valence-electron chi connectivity index (χ4n) is 22.6. The van der Waals surface area contributed by atoms with Crippen molar-refractivity contribution in [3.63, 3.8) is 0 Å². The van der Waals surface area contributed by atoms with Crippen LogP contribution in [0.5, 0.6) is 0 Å². The minimum Gasteiger partial charge on any atom is -0.294 e. The van der Waals surface area contributed by atoms with Gasteiger partial charge in [-0.15, -0.1) is 0 Å². The van der Waals surface area contributed by atoms with Crippen LogP contribution in [0.3, 0.4) is 0 Å². The van der Waals surface area contributed by atoms with Crippen LogP contribution in [0.1, 0.15) is 347 Å². The summed E-state index contributed by atoms with van der Waals surface area (Å²) in [5.74, 6) is 5.56. The van der Waals surface area contributed by atoms with Gasteiger partial charge >= 0.3 is 0 Å². The zero-order valence-corrected chi connectivity index (χ0v) is 52.7. The Morgan fingerprint density at radius 1 is 0.138 bits per heavy atom. The van der Waals surface area contributed by atoms with Gasteiger partial charge in [0.25, 0.3) is 0 Å². The first kappa shape index (κ1) is 59.6. The van der Waals surface area contributed by atoms with E-state index in [0.717, 1.165) is 108 Å². The smallest absolute Gasteiger partial charge is 0.0102 e. The quantitative estimate of drug-likeness (QED) is 0.135. The van der Waals surface area contributed by atoms with Crippen molar-refractivity contribution in [1.82, 2.24) is 19.6 Å². The van der Waals surface area contributed by atoms with Crippen LogP contribution in [-0.2, 0) is 0 Å². The largest absolute Gasteiger partial charge is 0.294 e. The zero-order chi connectivity index (χ0) is 53.7. The van der Waals surface area contributed by atoms with Gasteiger partial charge in [0.05, 0.1) is 0 Å². The summed E-state index contributed by atoms with van der Waals surface area (Å²) in [6.07, 6.45) is 91.7. The van der Waals surface area contributed by atoms with Crippen molar-refractivity contribution < 1.29 is 0 Å². The van der Waals surface area contributed by atoms with E-state index >= 15 is 0 Å². The summed E-state index contributed by atoms with van der Waals surface area (Å²) < 4.78 is 0. The van der Waals surface area contributed by atoms with Crippen molar-refractivity contribution in [3.05, 3.63) is 24.3 Å². The second-order valence-corrected chi connectivity index (χ2v) is 31.7. The van der Waals surface area contributed by atoms with Gasteiger partial charge in [0.2, 0.25) is 0 Å². The predicted molar refractivity (Wildman–Crippen MR) is 341 cm³/mol. The summed E-state index contributed by atoms with van der Waals surface area (Å²) in [5, 5.41) is 0. The third kappa shape index (κ3) is 15.7. The van der Waals surface area contributed by atoms with Crippen LogP contribution in [-0.4, -0.2) is 92.1 Å². The monoisotopic (exact) mass is 1100 g/mol. The molecule has 80 heavy (non-hydrogen) atoms. The van der Waals surface area contributed by atoms with Crippen molar-refractivity contribution in [2.75, 3.05) is 0 Å². The third-order valence-corrected chi connectivity index (χ3v) is 26.9. The van der Waals surface area contributed by atoms with E-state index in [4.69, 9.17) is 0 Å². The second kappa shape index (κ2) is 30.8. The molecule has 0 aliphatic heterocycles. The molecule has 4 nitrogen and oxygen atoms in total. The molecule has 12 fully saturated rings. The molecule has 0 radical (unpaired) electrons. The number of allylic oxidation sites excluding steroid dienone is 4. The molecule has 0 amide bonds. The fraction of sp³-hybridized carbons (Fsp3) is 0.947. The predicted octanol–water partition coefficient (Wildman–Crippen LogP) is 20.7. The van der Waals surface area contributed by atoms with E-state index in [1.165, 1.54) is 321 Å². The van der Waals surface area contributed by atoms with Crippen LogP contribution < -0.4 is 0 Å². The molecule has 454 valence electrons. The number of rotatable bonds is 17. The Morgan fingerprint density at radius 2 is 0.287 bits per heavy atom. The SMILES string of the molecule is C(=CC1CCC(N(C2CCCCC2)C2CCC(N(C3CCCCC3)C3CCC(C4CCC(N(C5CCCCC5)C5CCC(N(C6CCCCC6)C6CCC(C=CC7CCCCC7)CC6)CC5)CC4)CC3)CC2)CC1)C1CCCCC1. The van der Waals surface area contributed by atoms with Crippen LogP contribution in [0.4, 0.5) is 0 Å². The highest BCUT2D eigenvalue weighted by Gasteiger charge is 2.45. The minimum atomic E-state index is 0.864. The average Bonchev–Trinajstić information content (AvgIpc) is 3.57. The minimum absolute atomic E-state index is 0.864. The molecule has 12 saturated carbocycles. The van der Waals surface area contributed by atoms with Gasteiger partial charge in [-0.05, 0) is 267 Å². The van der Waals surface area contributed by atoms with E-state index in [1.54, 1.807) is 25.7 Å². The molecule has 0 aromatic carbocycles. The summed E-state index contributed by atoms with van der Waals surface area (Å²) in [5.41, 5.74) is 0. The van der Waals surface area contributed by atoms with Gasteiger partial charge in [0.15, 0.2) is 0 Å². The maximum atomic E-state index is 3.34. The molecule has 0 saturated heterocycles. The van der Waals surface area contributed by atoms with Gasteiger partial charge in [-0.25, -0.2) is 0 Å². The molecule has 0 bridgehead atoms. The van der Waals surface area contributed by atoms with Gasteiger partial charge in [-0.3, -0.25) is 19.6 Å². The lowest BCUT2D eigenvalue weighted by atomic mass is 9.70. The molecule has 0 heterocycles. The van der Waals surface area contributed by atoms with E-state index in [0.29, 0.717) is 0 Å². The summed E-state index contributed by atoms with van der Waals surface area (Å²) in [6, 6.07) is 10.5. The van der Waals surface area contributed by atoms with E-state index in [1.807, 2.05) is 0 Å². The molecular weight excluding hydrogens is 969 g/mol. The van der Waals surface area contributed by atoms with Crippen molar-refractivity contribution in [1.29, 1.82) is 0 Å². The van der Waals surface area contributed by atoms with Crippen molar-refractivity contribution in [2.24, 2.45) is 35.5 Å². The van der Waals surface area contributed by atoms with E-state index in [9.17, 15) is 0 Å². The highest BCUT2D eigenvalue weighted by atomic mass is 15.3. The van der Waals surface area contributed by atoms with Crippen LogP contribution in [0.15, 0.2) is 24.3 Å². The Bertz CT molecular complexity index is 1630. The van der Waals surface area contributed by atoms with E-state index in [2.05, 4.69) is 43.9 Å². The Hall–Kier alpha value is -0.680. The maximum Gasteiger partial charge on any atom is 0.0102 e. The molecule has 0 aromatic heterocycles. The molecule has 0 spiro atoms. The van der Waals surface area contributed by atoms with E-state index < -0.39 is 0 Å². The number of hydrogen-bond acceptors (Lipinski definition) is 4. The number of nitrogens with zero attached hydrogens (tertiary/aromatic N) is 4. The summed E-state index contributed by atoms with van der Waals surface area (Å²) in [7, 11) is 0. The molecular formula is C76H130N4. The Labute approximate surface area is 496 Å². The molecule has 12 aliphatic rings. The Morgan fingerprint density at radius 3 is 0.500 bits per heavy atom. The first-order valence-electron chi connectivity index (χ1n) is 38.1. The topological polar surface area (TPSA) is 13.0 Å². The summed E-state index contributed by atoms with van der Waals surface area (Å²) in [6.45, 7) is 0. The summed E-state index contributed by atoms with van der Waals surface area (Å²) in [4.78, 5) is 13.2. The van der Waals surface area contributed by atoms with Crippen LogP contribution >= 0.6 is 0 Å². The first-order valence-corrected chi connectivity index (χ1v) is 38.1. The molecule has 0 atom stereocenters. The van der Waals surface area contributed by atoms with Crippen molar-refractivity contribution in [3.8, 4) is 0 Å². The Balaban J connectivity index is 0.631.